The number of halogens is 5. The van der Waals surface area contributed by atoms with E-state index >= 15 is 0 Å². The first-order valence-electron chi connectivity index (χ1n) is 5.94. The van der Waals surface area contributed by atoms with Crippen molar-refractivity contribution in [2.45, 2.75) is 38.4 Å². The van der Waals surface area contributed by atoms with Crippen LogP contribution < -0.4 is 5.32 Å². The van der Waals surface area contributed by atoms with E-state index in [-0.39, 0.29) is 0 Å². The van der Waals surface area contributed by atoms with Crippen LogP contribution in [0.2, 0.25) is 0 Å². The molecule has 0 fully saturated rings. The van der Waals surface area contributed by atoms with Gasteiger partial charge in [0.25, 0.3) is 0 Å². The van der Waals surface area contributed by atoms with Crippen LogP contribution >= 0.6 is 0 Å². The highest BCUT2D eigenvalue weighted by Gasteiger charge is 2.63. The van der Waals surface area contributed by atoms with Crippen molar-refractivity contribution in [1.29, 1.82) is 0 Å². The second-order valence-electron chi connectivity index (χ2n) is 4.36. The maximum atomic E-state index is 12.8. The van der Waals surface area contributed by atoms with Gasteiger partial charge in [-0.15, -0.1) is 0 Å². The molecule has 0 spiro atoms. The van der Waals surface area contributed by atoms with E-state index in [9.17, 15) is 26.7 Å². The Balaban J connectivity index is 2.79. The monoisotopic (exact) mass is 295 g/mol. The predicted octanol–water partition coefficient (Wildman–Crippen LogP) is 3.62. The molecule has 1 aromatic carbocycles. The molecular formula is C13H14F5NO. The molecule has 0 saturated carbocycles. The van der Waals surface area contributed by atoms with Crippen LogP contribution in [-0.2, 0) is 11.2 Å². The lowest BCUT2D eigenvalue weighted by Gasteiger charge is -2.21. The van der Waals surface area contributed by atoms with Crippen LogP contribution in [0.5, 0.6) is 0 Å². The standard InChI is InChI=1S/C13H14F5NO/c1-3-9-4-6-10(7-5-9)8(2)19-11(20)12(14,15)13(16,17)18/h4-8H,3H2,1-2H3,(H,19,20)/t8-/m1/s1. The summed E-state index contributed by atoms with van der Waals surface area (Å²) in [5.41, 5.74) is 1.45. The van der Waals surface area contributed by atoms with Crippen molar-refractivity contribution in [3.8, 4) is 0 Å². The average molecular weight is 295 g/mol. The number of aryl methyl sites for hydroxylation is 1. The number of amides is 1. The van der Waals surface area contributed by atoms with Gasteiger partial charge >= 0.3 is 18.0 Å². The average Bonchev–Trinajstić information content (AvgIpc) is 2.37. The molecular weight excluding hydrogens is 281 g/mol. The Morgan fingerprint density at radius 2 is 1.65 bits per heavy atom. The van der Waals surface area contributed by atoms with Gasteiger partial charge in [0.05, 0.1) is 6.04 Å². The fourth-order valence-electron chi connectivity index (χ4n) is 1.54. The molecule has 2 nitrogen and oxygen atoms in total. The number of alkyl halides is 5. The Labute approximate surface area is 113 Å². The molecule has 112 valence electrons. The summed E-state index contributed by atoms with van der Waals surface area (Å²) in [6.07, 6.45) is -5.13. The van der Waals surface area contributed by atoms with Crippen LogP contribution in [0.1, 0.15) is 31.0 Å². The molecule has 0 bridgehead atoms. The Morgan fingerprint density at radius 3 is 2.05 bits per heavy atom. The normalized spacial score (nSPS) is 13.9. The quantitative estimate of drug-likeness (QED) is 0.844. The van der Waals surface area contributed by atoms with E-state index in [2.05, 4.69) is 0 Å². The third kappa shape index (κ3) is 3.46. The molecule has 0 aromatic heterocycles. The number of hydrogen-bond acceptors (Lipinski definition) is 1. The maximum Gasteiger partial charge on any atom is 0.463 e. The number of carbonyl (C=O) groups excluding carboxylic acids is 1. The van der Waals surface area contributed by atoms with Crippen molar-refractivity contribution in [3.63, 3.8) is 0 Å². The van der Waals surface area contributed by atoms with Gasteiger partial charge in [-0.2, -0.15) is 22.0 Å². The highest BCUT2D eigenvalue weighted by atomic mass is 19.4. The minimum Gasteiger partial charge on any atom is -0.344 e. The first-order chi connectivity index (χ1) is 9.09. The van der Waals surface area contributed by atoms with Gasteiger partial charge in [-0.25, -0.2) is 0 Å². The number of nitrogens with one attached hydrogen (secondary N) is 1. The maximum absolute atomic E-state index is 12.8. The van der Waals surface area contributed by atoms with Gasteiger partial charge in [0.15, 0.2) is 0 Å². The van der Waals surface area contributed by atoms with Crippen molar-refractivity contribution >= 4 is 5.91 Å². The number of hydrogen-bond donors (Lipinski definition) is 1. The van der Waals surface area contributed by atoms with Crippen LogP contribution in [0.3, 0.4) is 0 Å². The molecule has 0 heterocycles. The SMILES string of the molecule is CCc1ccc([C@@H](C)NC(=O)C(F)(F)C(F)(F)F)cc1. The largest absolute Gasteiger partial charge is 0.463 e. The Kier molecular flexibility index (Phi) is 4.73. The molecule has 1 amide bonds. The van der Waals surface area contributed by atoms with Crippen LogP contribution in [0.15, 0.2) is 24.3 Å². The van der Waals surface area contributed by atoms with Crippen molar-refractivity contribution < 1.29 is 26.7 Å². The zero-order valence-electron chi connectivity index (χ0n) is 10.9. The number of rotatable bonds is 4. The molecule has 0 aliphatic rings. The summed E-state index contributed by atoms with van der Waals surface area (Å²) in [7, 11) is 0. The third-order valence-electron chi connectivity index (χ3n) is 2.88. The molecule has 0 aliphatic carbocycles. The molecule has 0 radical (unpaired) electrons. The van der Waals surface area contributed by atoms with E-state index in [0.717, 1.165) is 12.0 Å². The highest BCUT2D eigenvalue weighted by molar-refractivity contribution is 5.84. The van der Waals surface area contributed by atoms with Gasteiger partial charge in [-0.1, -0.05) is 31.2 Å². The summed E-state index contributed by atoms with van der Waals surface area (Å²) in [5, 5.41) is 1.67. The summed E-state index contributed by atoms with van der Waals surface area (Å²) in [6.45, 7) is 3.26. The Hall–Kier alpha value is -1.66. The topological polar surface area (TPSA) is 29.1 Å². The van der Waals surface area contributed by atoms with E-state index in [1.165, 1.54) is 6.92 Å². The summed E-state index contributed by atoms with van der Waals surface area (Å²) < 4.78 is 61.6. The first-order valence-corrected chi connectivity index (χ1v) is 5.94. The van der Waals surface area contributed by atoms with Crippen LogP contribution in [0.4, 0.5) is 22.0 Å². The van der Waals surface area contributed by atoms with Crippen molar-refractivity contribution in [3.05, 3.63) is 35.4 Å². The Bertz CT molecular complexity index is 467. The molecule has 20 heavy (non-hydrogen) atoms. The third-order valence-corrected chi connectivity index (χ3v) is 2.88. The fourth-order valence-corrected chi connectivity index (χ4v) is 1.54. The molecule has 7 heteroatoms. The first kappa shape index (κ1) is 16.4. The lowest BCUT2D eigenvalue weighted by Crippen LogP contribution is -2.50. The fraction of sp³-hybridized carbons (Fsp3) is 0.462. The van der Waals surface area contributed by atoms with E-state index in [1.807, 2.05) is 6.92 Å². The van der Waals surface area contributed by atoms with Gasteiger partial charge in [-0.3, -0.25) is 4.79 Å². The summed E-state index contributed by atoms with van der Waals surface area (Å²) in [4.78, 5) is 11.0. The summed E-state index contributed by atoms with van der Waals surface area (Å²) >= 11 is 0. The van der Waals surface area contributed by atoms with E-state index in [0.29, 0.717) is 5.56 Å². The van der Waals surface area contributed by atoms with Gasteiger partial charge < -0.3 is 5.32 Å². The number of benzene rings is 1. The smallest absolute Gasteiger partial charge is 0.344 e. The van der Waals surface area contributed by atoms with Crippen molar-refractivity contribution in [2.75, 3.05) is 0 Å². The second kappa shape index (κ2) is 5.76. The molecule has 1 aromatic rings. The van der Waals surface area contributed by atoms with E-state index in [4.69, 9.17) is 0 Å². The van der Waals surface area contributed by atoms with Gasteiger partial charge in [0.1, 0.15) is 0 Å². The van der Waals surface area contributed by atoms with Gasteiger partial charge in [-0.05, 0) is 24.5 Å². The predicted molar refractivity (Wildman–Crippen MR) is 63.4 cm³/mol. The van der Waals surface area contributed by atoms with Crippen LogP contribution in [0.25, 0.3) is 0 Å². The van der Waals surface area contributed by atoms with Crippen molar-refractivity contribution in [2.24, 2.45) is 0 Å². The summed E-state index contributed by atoms with van der Waals surface area (Å²) in [5.74, 6) is -7.75. The van der Waals surface area contributed by atoms with Gasteiger partial charge in [0.2, 0.25) is 0 Å². The van der Waals surface area contributed by atoms with Crippen molar-refractivity contribution in [1.82, 2.24) is 5.32 Å². The van der Waals surface area contributed by atoms with E-state index in [1.54, 1.807) is 29.6 Å². The van der Waals surface area contributed by atoms with E-state index < -0.39 is 24.0 Å². The molecule has 0 unspecified atom stereocenters. The lowest BCUT2D eigenvalue weighted by molar-refractivity contribution is -0.270. The minimum absolute atomic E-state index is 0.452. The second-order valence-corrected chi connectivity index (χ2v) is 4.36. The summed E-state index contributed by atoms with van der Waals surface area (Å²) in [6, 6.07) is 5.66. The highest BCUT2D eigenvalue weighted by Crippen LogP contribution is 2.35. The lowest BCUT2D eigenvalue weighted by atomic mass is 10.0. The van der Waals surface area contributed by atoms with Crippen LogP contribution in [0, 0.1) is 0 Å². The molecule has 1 atom stereocenters. The Morgan fingerprint density at radius 1 is 1.15 bits per heavy atom. The minimum atomic E-state index is -5.90. The zero-order valence-corrected chi connectivity index (χ0v) is 10.9. The molecule has 0 aliphatic heterocycles. The molecule has 0 saturated heterocycles. The van der Waals surface area contributed by atoms with Crippen LogP contribution in [-0.4, -0.2) is 18.0 Å². The zero-order chi connectivity index (χ0) is 15.6. The van der Waals surface area contributed by atoms with Gasteiger partial charge in [0, 0.05) is 0 Å². The molecule has 1 N–H and O–H groups in total. The molecule has 1 rings (SSSR count). The number of carbonyl (C=O) groups is 1.